The van der Waals surface area contributed by atoms with E-state index in [2.05, 4.69) is 21.5 Å². The second-order valence-electron chi connectivity index (χ2n) is 6.18. The fourth-order valence-electron chi connectivity index (χ4n) is 2.50. The molecule has 2 rings (SSSR count). The van der Waals surface area contributed by atoms with Gasteiger partial charge in [0.05, 0.1) is 6.54 Å². The van der Waals surface area contributed by atoms with Gasteiger partial charge in [-0.3, -0.25) is 0 Å². The quantitative estimate of drug-likeness (QED) is 0.216. The number of hydrogen-bond acceptors (Lipinski definition) is 3. The zero-order valence-corrected chi connectivity index (χ0v) is 16.5. The Morgan fingerprint density at radius 3 is 2.86 bits per heavy atom. The van der Waals surface area contributed by atoms with Crippen molar-refractivity contribution in [3.63, 3.8) is 0 Å². The highest BCUT2D eigenvalue weighted by Gasteiger charge is 2.06. The lowest BCUT2D eigenvalue weighted by atomic mass is 10.2. The molecule has 0 fully saturated rings. The average Bonchev–Trinajstić information content (AvgIpc) is 2.69. The number of ether oxygens (including phenoxy) is 1. The van der Waals surface area contributed by atoms with E-state index in [1.54, 1.807) is 12.3 Å². The predicted octanol–water partition coefficient (Wildman–Crippen LogP) is 4.09. The van der Waals surface area contributed by atoms with Gasteiger partial charge in [0.15, 0.2) is 0 Å². The molecule has 0 atom stereocenters. The third kappa shape index (κ3) is 7.31. The number of halogens is 1. The van der Waals surface area contributed by atoms with Gasteiger partial charge in [0.25, 0.3) is 0 Å². The van der Waals surface area contributed by atoms with Crippen LogP contribution in [0.3, 0.4) is 0 Å². The van der Waals surface area contributed by atoms with Gasteiger partial charge in [-0.05, 0) is 43.2 Å². The highest BCUT2D eigenvalue weighted by atomic mass is 19.1. The second kappa shape index (κ2) is 11.6. The zero-order valence-electron chi connectivity index (χ0n) is 16.5. The number of aliphatic imine (C=N–C) groups is 2. The zero-order chi connectivity index (χ0) is 20.2. The number of aryl methyl sites for hydroxylation is 1. The Kier molecular flexibility index (Phi) is 8.85. The Balaban J connectivity index is 1.98. The van der Waals surface area contributed by atoms with Crippen molar-refractivity contribution in [3.8, 4) is 5.75 Å². The average molecular weight is 382 g/mol. The van der Waals surface area contributed by atoms with Crippen LogP contribution in [0.15, 0.2) is 65.2 Å². The van der Waals surface area contributed by atoms with Crippen LogP contribution in [0.5, 0.6) is 5.75 Å². The summed E-state index contributed by atoms with van der Waals surface area (Å²) in [6.45, 7) is 10.2. The summed E-state index contributed by atoms with van der Waals surface area (Å²) in [6.07, 6.45) is 5.65. The van der Waals surface area contributed by atoms with Crippen molar-refractivity contribution >= 4 is 12.2 Å². The number of hydrogen-bond donors (Lipinski definition) is 0. The Morgan fingerprint density at radius 2 is 2.18 bits per heavy atom. The maximum atomic E-state index is 12.9. The van der Waals surface area contributed by atoms with E-state index < -0.39 is 5.95 Å². The smallest absolute Gasteiger partial charge is 0.220 e. The van der Waals surface area contributed by atoms with Crippen LogP contribution in [0.1, 0.15) is 18.1 Å². The largest absolute Gasteiger partial charge is 0.492 e. The number of pyridine rings is 1. The molecule has 0 bridgehead atoms. The minimum absolute atomic E-state index is 0.468. The third-order valence-corrected chi connectivity index (χ3v) is 3.94. The Labute approximate surface area is 166 Å². The molecule has 6 heteroatoms. The number of aromatic nitrogens is 1. The summed E-state index contributed by atoms with van der Waals surface area (Å²) >= 11 is 0. The topological polar surface area (TPSA) is 50.1 Å². The van der Waals surface area contributed by atoms with Gasteiger partial charge in [-0.25, -0.2) is 15.0 Å². The summed E-state index contributed by atoms with van der Waals surface area (Å²) in [5.74, 6) is 0.979. The molecule has 5 nitrogen and oxygen atoms in total. The van der Waals surface area contributed by atoms with Crippen LogP contribution in [-0.2, 0) is 6.42 Å². The number of guanidine groups is 1. The van der Waals surface area contributed by atoms with E-state index >= 15 is 0 Å². The summed E-state index contributed by atoms with van der Waals surface area (Å²) in [6, 6.07) is 11.0. The second-order valence-corrected chi connectivity index (χ2v) is 6.18. The highest BCUT2D eigenvalue weighted by Crippen LogP contribution is 2.12. The van der Waals surface area contributed by atoms with Crippen LogP contribution >= 0.6 is 0 Å². The van der Waals surface area contributed by atoms with Crippen LogP contribution < -0.4 is 4.74 Å². The van der Waals surface area contributed by atoms with E-state index in [0.29, 0.717) is 32.1 Å². The van der Waals surface area contributed by atoms with Crippen LogP contribution in [0.4, 0.5) is 4.39 Å². The van der Waals surface area contributed by atoms with E-state index in [9.17, 15) is 4.39 Å². The monoisotopic (exact) mass is 382 g/mol. The van der Waals surface area contributed by atoms with E-state index in [1.165, 1.54) is 12.3 Å². The molecule has 148 valence electrons. The maximum absolute atomic E-state index is 12.9. The molecule has 0 saturated heterocycles. The summed E-state index contributed by atoms with van der Waals surface area (Å²) in [4.78, 5) is 14.8. The molecule has 0 N–H and O–H groups in total. The van der Waals surface area contributed by atoms with Gasteiger partial charge >= 0.3 is 0 Å². The molecule has 0 aliphatic heterocycles. The number of likely N-dealkylation sites (N-methyl/N-ethyl adjacent to an activating group) is 1. The van der Waals surface area contributed by atoms with Gasteiger partial charge < -0.3 is 9.64 Å². The molecule has 0 aliphatic carbocycles. The minimum Gasteiger partial charge on any atom is -0.492 e. The molecular weight excluding hydrogens is 355 g/mol. The highest BCUT2D eigenvalue weighted by molar-refractivity contribution is 5.88. The van der Waals surface area contributed by atoms with E-state index in [-0.39, 0.29) is 0 Å². The predicted molar refractivity (Wildman–Crippen MR) is 113 cm³/mol. The molecule has 1 aromatic carbocycles. The molecule has 0 aliphatic rings. The summed E-state index contributed by atoms with van der Waals surface area (Å²) in [5, 5.41) is 0. The SMILES string of the molecule is C=CCN(CC)C(N=CCc1ccc(F)nc1)=NCCOc1cccc(C)c1. The van der Waals surface area contributed by atoms with Gasteiger partial charge in [0.1, 0.15) is 12.4 Å². The Bertz CT molecular complexity index is 802. The third-order valence-electron chi connectivity index (χ3n) is 3.94. The fraction of sp³-hybridized carbons (Fsp3) is 0.318. The molecule has 0 saturated carbocycles. The molecule has 0 spiro atoms. The van der Waals surface area contributed by atoms with Crippen molar-refractivity contribution in [2.24, 2.45) is 9.98 Å². The Hall–Kier alpha value is -3.02. The molecule has 0 unspecified atom stereocenters. The first-order valence-corrected chi connectivity index (χ1v) is 9.35. The van der Waals surface area contributed by atoms with E-state index in [0.717, 1.165) is 23.4 Å². The summed E-state index contributed by atoms with van der Waals surface area (Å²) in [7, 11) is 0. The van der Waals surface area contributed by atoms with Crippen LogP contribution in [0.25, 0.3) is 0 Å². The lowest BCUT2D eigenvalue weighted by Gasteiger charge is -2.20. The maximum Gasteiger partial charge on any atom is 0.220 e. The first kappa shape index (κ1) is 21.3. The summed E-state index contributed by atoms with van der Waals surface area (Å²) < 4.78 is 18.7. The van der Waals surface area contributed by atoms with Gasteiger partial charge in [-0.1, -0.05) is 24.3 Å². The van der Waals surface area contributed by atoms with Crippen molar-refractivity contribution in [2.75, 3.05) is 26.2 Å². The van der Waals surface area contributed by atoms with Gasteiger partial charge in [0, 0.05) is 31.9 Å². The van der Waals surface area contributed by atoms with Gasteiger partial charge in [-0.2, -0.15) is 4.39 Å². The molecule has 1 aromatic heterocycles. The minimum atomic E-state index is -0.486. The number of benzene rings is 1. The molecule has 0 radical (unpaired) electrons. The standard InChI is InChI=1S/C22H27FN4O/c1-4-14-27(5-2)22(24-12-11-19-9-10-21(23)26-17-19)25-13-15-28-20-8-6-7-18(3)16-20/h4,6-10,12,16-17H,1,5,11,13-15H2,2-3H3. The van der Waals surface area contributed by atoms with Crippen LogP contribution in [0.2, 0.25) is 0 Å². The Morgan fingerprint density at radius 1 is 1.32 bits per heavy atom. The van der Waals surface area contributed by atoms with Crippen molar-refractivity contribution in [1.29, 1.82) is 0 Å². The normalized spacial score (nSPS) is 11.6. The fourth-order valence-corrected chi connectivity index (χ4v) is 2.50. The molecule has 0 amide bonds. The molecule has 28 heavy (non-hydrogen) atoms. The molecule has 2 aromatic rings. The lowest BCUT2D eigenvalue weighted by molar-refractivity contribution is 0.327. The van der Waals surface area contributed by atoms with Gasteiger partial charge in [-0.15, -0.1) is 6.58 Å². The van der Waals surface area contributed by atoms with Crippen molar-refractivity contribution in [2.45, 2.75) is 20.3 Å². The lowest BCUT2D eigenvalue weighted by Crippen LogP contribution is -2.30. The van der Waals surface area contributed by atoms with Crippen LogP contribution in [-0.4, -0.2) is 48.3 Å². The van der Waals surface area contributed by atoms with Crippen molar-refractivity contribution in [3.05, 3.63) is 72.3 Å². The van der Waals surface area contributed by atoms with E-state index in [4.69, 9.17) is 4.74 Å². The molecular formula is C22H27FN4O. The van der Waals surface area contributed by atoms with Crippen molar-refractivity contribution < 1.29 is 9.13 Å². The first-order chi connectivity index (χ1) is 13.6. The number of nitrogens with zero attached hydrogens (tertiary/aromatic N) is 4. The number of rotatable bonds is 9. The van der Waals surface area contributed by atoms with Crippen LogP contribution in [0, 0.1) is 12.9 Å². The van der Waals surface area contributed by atoms with Crippen molar-refractivity contribution in [1.82, 2.24) is 9.88 Å². The van der Waals surface area contributed by atoms with Gasteiger partial charge in [0.2, 0.25) is 11.9 Å². The van der Waals surface area contributed by atoms with E-state index in [1.807, 2.05) is 49.1 Å². The molecule has 1 heterocycles. The first-order valence-electron chi connectivity index (χ1n) is 9.35. The summed E-state index contributed by atoms with van der Waals surface area (Å²) in [5.41, 5.74) is 2.05.